The average molecular weight is 496 g/mol. The molecule has 33 heavy (non-hydrogen) atoms. The SMILES string of the molecule is CCC#CCNC(=O)COCCOC(SSCC)c1ccc(C(=O)NCCNC(C)C)cc1. The average Bonchev–Trinajstić information content (AvgIpc) is 2.81. The Hall–Kier alpha value is -1.70. The summed E-state index contributed by atoms with van der Waals surface area (Å²) in [7, 11) is 3.33. The van der Waals surface area contributed by atoms with E-state index in [9.17, 15) is 9.59 Å². The monoisotopic (exact) mass is 495 g/mol. The molecule has 0 spiro atoms. The Bertz CT molecular complexity index is 748. The van der Waals surface area contributed by atoms with E-state index < -0.39 is 0 Å². The van der Waals surface area contributed by atoms with Crippen LogP contribution in [0.15, 0.2) is 24.3 Å². The maximum absolute atomic E-state index is 12.3. The van der Waals surface area contributed by atoms with Crippen LogP contribution in [0, 0.1) is 11.8 Å². The van der Waals surface area contributed by atoms with E-state index in [0.717, 1.165) is 24.3 Å². The van der Waals surface area contributed by atoms with Gasteiger partial charge in [0, 0.05) is 36.9 Å². The van der Waals surface area contributed by atoms with Crippen LogP contribution in [0.3, 0.4) is 0 Å². The molecule has 0 aliphatic carbocycles. The molecule has 9 heteroatoms. The Balaban J connectivity index is 2.44. The first-order chi connectivity index (χ1) is 16.0. The highest BCUT2D eigenvalue weighted by Crippen LogP contribution is 2.38. The van der Waals surface area contributed by atoms with Gasteiger partial charge in [0.05, 0.1) is 19.8 Å². The lowest BCUT2D eigenvalue weighted by molar-refractivity contribution is -0.126. The molecule has 0 fully saturated rings. The Kier molecular flexibility index (Phi) is 16.6. The van der Waals surface area contributed by atoms with Gasteiger partial charge in [-0.1, -0.05) is 67.3 Å². The Morgan fingerprint density at radius 3 is 2.45 bits per heavy atom. The van der Waals surface area contributed by atoms with Crippen molar-refractivity contribution < 1.29 is 19.1 Å². The van der Waals surface area contributed by atoms with Crippen molar-refractivity contribution >= 4 is 33.4 Å². The number of amides is 2. The maximum atomic E-state index is 12.3. The van der Waals surface area contributed by atoms with Crippen molar-refractivity contribution in [3.05, 3.63) is 35.4 Å². The summed E-state index contributed by atoms with van der Waals surface area (Å²) in [5.74, 6) is 6.42. The van der Waals surface area contributed by atoms with E-state index in [0.29, 0.717) is 37.9 Å². The zero-order chi connectivity index (χ0) is 24.3. The molecule has 1 atom stereocenters. The van der Waals surface area contributed by atoms with Crippen LogP contribution in [0.1, 0.15) is 55.5 Å². The van der Waals surface area contributed by atoms with Gasteiger partial charge in [0.15, 0.2) is 0 Å². The van der Waals surface area contributed by atoms with Gasteiger partial charge in [-0.05, 0) is 17.7 Å². The molecule has 2 amide bonds. The second-order valence-corrected chi connectivity index (χ2v) is 9.95. The Morgan fingerprint density at radius 1 is 1.03 bits per heavy atom. The van der Waals surface area contributed by atoms with Crippen molar-refractivity contribution in [2.45, 2.75) is 45.6 Å². The number of hydrogen-bond acceptors (Lipinski definition) is 7. The molecule has 0 bridgehead atoms. The van der Waals surface area contributed by atoms with Gasteiger partial charge < -0.3 is 25.4 Å². The van der Waals surface area contributed by atoms with Gasteiger partial charge in [-0.2, -0.15) is 0 Å². The van der Waals surface area contributed by atoms with Crippen molar-refractivity contribution in [1.29, 1.82) is 0 Å². The van der Waals surface area contributed by atoms with Crippen LogP contribution in [0.4, 0.5) is 0 Å². The largest absolute Gasteiger partial charge is 0.369 e. The number of ether oxygens (including phenoxy) is 2. The first-order valence-electron chi connectivity index (χ1n) is 11.3. The van der Waals surface area contributed by atoms with Gasteiger partial charge in [0.2, 0.25) is 5.91 Å². The van der Waals surface area contributed by atoms with Gasteiger partial charge in [-0.15, -0.1) is 5.92 Å². The van der Waals surface area contributed by atoms with Crippen LogP contribution < -0.4 is 16.0 Å². The number of nitrogens with one attached hydrogen (secondary N) is 3. The molecule has 0 aliphatic rings. The summed E-state index contributed by atoms with van der Waals surface area (Å²) in [6.45, 7) is 10.5. The van der Waals surface area contributed by atoms with Gasteiger partial charge in [0.1, 0.15) is 12.0 Å². The van der Waals surface area contributed by atoms with Crippen molar-refractivity contribution in [2.75, 3.05) is 45.2 Å². The topological polar surface area (TPSA) is 88.7 Å². The minimum absolute atomic E-state index is 0.0187. The molecule has 0 aromatic heterocycles. The van der Waals surface area contributed by atoms with Crippen molar-refractivity contribution in [3.8, 4) is 11.8 Å². The predicted molar refractivity (Wildman–Crippen MR) is 138 cm³/mol. The van der Waals surface area contributed by atoms with Gasteiger partial charge in [-0.25, -0.2) is 0 Å². The number of carbonyl (C=O) groups excluding carboxylic acids is 2. The van der Waals surface area contributed by atoms with E-state index in [1.54, 1.807) is 21.6 Å². The number of rotatable bonds is 16. The summed E-state index contributed by atoms with van der Waals surface area (Å²) in [5, 5.41) is 8.87. The zero-order valence-electron chi connectivity index (χ0n) is 20.1. The van der Waals surface area contributed by atoms with Crippen LogP contribution in [-0.2, 0) is 14.3 Å². The molecule has 1 aromatic rings. The molecule has 0 aliphatic heterocycles. The summed E-state index contributed by atoms with van der Waals surface area (Å²) in [5.41, 5.74) is 1.41. The van der Waals surface area contributed by atoms with E-state index in [4.69, 9.17) is 9.47 Å². The lowest BCUT2D eigenvalue weighted by atomic mass is 10.1. The third-order valence-electron chi connectivity index (χ3n) is 4.09. The highest BCUT2D eigenvalue weighted by Gasteiger charge is 2.14. The van der Waals surface area contributed by atoms with Gasteiger partial charge >= 0.3 is 0 Å². The zero-order valence-corrected chi connectivity index (χ0v) is 21.7. The second-order valence-electron chi connectivity index (χ2n) is 7.23. The summed E-state index contributed by atoms with van der Waals surface area (Å²) < 4.78 is 11.4. The number of hydrogen-bond donors (Lipinski definition) is 3. The van der Waals surface area contributed by atoms with Crippen LogP contribution in [0.2, 0.25) is 0 Å². The molecule has 3 N–H and O–H groups in total. The molecule has 0 saturated carbocycles. The first-order valence-corrected chi connectivity index (χ1v) is 13.7. The van der Waals surface area contributed by atoms with Crippen LogP contribution in [-0.4, -0.2) is 63.1 Å². The van der Waals surface area contributed by atoms with E-state index in [-0.39, 0.29) is 23.9 Å². The van der Waals surface area contributed by atoms with E-state index in [1.165, 1.54) is 0 Å². The fourth-order valence-corrected chi connectivity index (χ4v) is 4.46. The first kappa shape index (κ1) is 29.3. The quantitative estimate of drug-likeness (QED) is 0.140. The van der Waals surface area contributed by atoms with Crippen LogP contribution in [0.25, 0.3) is 0 Å². The van der Waals surface area contributed by atoms with E-state index >= 15 is 0 Å². The lowest BCUT2D eigenvalue weighted by Crippen LogP contribution is -2.34. The van der Waals surface area contributed by atoms with Crippen molar-refractivity contribution in [2.24, 2.45) is 0 Å². The molecule has 0 heterocycles. The standard InChI is InChI=1S/C24H37N3O4S2/c1-5-7-8-13-26-22(28)18-30-16-17-31-24(33-32-6-2)21-11-9-20(10-12-21)23(29)27-15-14-25-19(3)4/h9-12,19,24-25H,5-6,13-18H2,1-4H3,(H,26,28)(H,27,29). The fraction of sp³-hybridized carbons (Fsp3) is 0.583. The van der Waals surface area contributed by atoms with Crippen molar-refractivity contribution in [3.63, 3.8) is 0 Å². The normalized spacial score (nSPS) is 11.5. The van der Waals surface area contributed by atoms with Gasteiger partial charge in [0.25, 0.3) is 5.91 Å². The lowest BCUT2D eigenvalue weighted by Gasteiger charge is -2.17. The third kappa shape index (κ3) is 14.2. The molecule has 184 valence electrons. The molecule has 1 aromatic carbocycles. The van der Waals surface area contributed by atoms with Crippen LogP contribution >= 0.6 is 21.6 Å². The van der Waals surface area contributed by atoms with E-state index in [2.05, 4.69) is 48.6 Å². The minimum Gasteiger partial charge on any atom is -0.369 e. The summed E-state index contributed by atoms with van der Waals surface area (Å²) in [6.07, 6.45) is 0.769. The van der Waals surface area contributed by atoms with Gasteiger partial charge in [-0.3, -0.25) is 9.59 Å². The molecular formula is C24H37N3O4S2. The van der Waals surface area contributed by atoms with Crippen molar-refractivity contribution in [1.82, 2.24) is 16.0 Å². The Morgan fingerprint density at radius 2 is 1.79 bits per heavy atom. The number of benzene rings is 1. The molecule has 7 nitrogen and oxygen atoms in total. The minimum atomic E-state index is -0.193. The number of carbonyl (C=O) groups is 2. The molecule has 1 rings (SSSR count). The predicted octanol–water partition coefficient (Wildman–Crippen LogP) is 3.38. The molecule has 0 radical (unpaired) electrons. The fourth-order valence-electron chi connectivity index (χ4n) is 2.50. The summed E-state index contributed by atoms with van der Waals surface area (Å²) in [6, 6.07) is 7.86. The van der Waals surface area contributed by atoms with Crippen LogP contribution in [0.5, 0.6) is 0 Å². The second kappa shape index (κ2) is 18.7. The summed E-state index contributed by atoms with van der Waals surface area (Å²) >= 11 is 0. The van der Waals surface area contributed by atoms with E-state index in [1.807, 2.05) is 31.2 Å². The Labute approximate surface area is 206 Å². The molecular weight excluding hydrogens is 458 g/mol. The highest BCUT2D eigenvalue weighted by atomic mass is 33.1. The smallest absolute Gasteiger partial charge is 0.251 e. The molecule has 0 saturated heterocycles. The molecule has 1 unspecified atom stereocenters. The maximum Gasteiger partial charge on any atom is 0.251 e. The third-order valence-corrected chi connectivity index (χ3v) is 6.68. The summed E-state index contributed by atoms with van der Waals surface area (Å²) in [4.78, 5) is 24.0. The highest BCUT2D eigenvalue weighted by molar-refractivity contribution is 8.76.